The number of aryl methyl sites for hydroxylation is 1. The molecule has 1 atom stereocenters. The van der Waals surface area contributed by atoms with E-state index in [1.807, 2.05) is 24.3 Å². The molecule has 2 heterocycles. The summed E-state index contributed by atoms with van der Waals surface area (Å²) in [5.41, 5.74) is 0.947. The maximum Gasteiger partial charge on any atom is 0.251 e. The number of nitrogens with zero attached hydrogens (tertiary/aromatic N) is 2. The molecule has 0 saturated carbocycles. The first kappa shape index (κ1) is 20.9. The Morgan fingerprint density at radius 1 is 1.31 bits per heavy atom. The summed E-state index contributed by atoms with van der Waals surface area (Å²) >= 11 is 0. The van der Waals surface area contributed by atoms with Crippen molar-refractivity contribution in [3.63, 3.8) is 0 Å². The quantitative estimate of drug-likeness (QED) is 0.767. The Labute approximate surface area is 170 Å². The minimum absolute atomic E-state index is 0.0566. The number of anilines is 1. The van der Waals surface area contributed by atoms with E-state index < -0.39 is 6.10 Å². The number of likely N-dealkylation sites (tertiary alicyclic amines) is 1. The fourth-order valence-corrected chi connectivity index (χ4v) is 3.33. The predicted octanol–water partition coefficient (Wildman–Crippen LogP) is 2.77. The van der Waals surface area contributed by atoms with Crippen molar-refractivity contribution in [1.82, 2.24) is 10.1 Å². The number of amides is 2. The molecular formula is C21H27N3O5. The Balaban J connectivity index is 1.44. The molecule has 0 spiro atoms. The van der Waals surface area contributed by atoms with Crippen LogP contribution in [-0.4, -0.2) is 48.2 Å². The number of carbonyl (C=O) groups is 2. The van der Waals surface area contributed by atoms with Gasteiger partial charge in [0.05, 0.1) is 13.7 Å². The molecule has 1 fully saturated rings. The van der Waals surface area contributed by atoms with Gasteiger partial charge in [0.2, 0.25) is 5.91 Å². The van der Waals surface area contributed by atoms with Gasteiger partial charge in [0, 0.05) is 25.1 Å². The van der Waals surface area contributed by atoms with E-state index >= 15 is 0 Å². The molecule has 0 aliphatic carbocycles. The smallest absolute Gasteiger partial charge is 0.251 e. The van der Waals surface area contributed by atoms with E-state index in [1.54, 1.807) is 31.9 Å². The number of hydrogen-bond acceptors (Lipinski definition) is 6. The molecule has 8 nitrogen and oxygen atoms in total. The summed E-state index contributed by atoms with van der Waals surface area (Å²) in [6.45, 7) is 4.92. The summed E-state index contributed by atoms with van der Waals surface area (Å²) < 4.78 is 15.9. The van der Waals surface area contributed by atoms with Gasteiger partial charge >= 0.3 is 0 Å². The van der Waals surface area contributed by atoms with Crippen molar-refractivity contribution in [2.24, 2.45) is 5.92 Å². The topological polar surface area (TPSA) is 93.9 Å². The average Bonchev–Trinajstić information content (AvgIpc) is 3.16. The second kappa shape index (κ2) is 9.56. The van der Waals surface area contributed by atoms with Gasteiger partial charge in [0.1, 0.15) is 17.6 Å². The van der Waals surface area contributed by atoms with Crippen molar-refractivity contribution < 1.29 is 23.6 Å². The summed E-state index contributed by atoms with van der Waals surface area (Å²) in [7, 11) is 1.61. The van der Waals surface area contributed by atoms with Gasteiger partial charge in [-0.05, 0) is 44.4 Å². The van der Waals surface area contributed by atoms with E-state index in [-0.39, 0.29) is 17.7 Å². The maximum absolute atomic E-state index is 12.7. The molecule has 1 aromatic carbocycles. The maximum atomic E-state index is 12.7. The highest BCUT2D eigenvalue weighted by Gasteiger charge is 2.30. The summed E-state index contributed by atoms with van der Waals surface area (Å²) in [4.78, 5) is 26.8. The van der Waals surface area contributed by atoms with Crippen LogP contribution in [0.5, 0.6) is 5.75 Å². The third-order valence-electron chi connectivity index (χ3n) is 5.04. The van der Waals surface area contributed by atoms with Gasteiger partial charge in [0.25, 0.3) is 5.91 Å². The molecule has 0 unspecified atom stereocenters. The highest BCUT2D eigenvalue weighted by atomic mass is 16.5. The SMILES string of the molecule is COc1cccc(CO[C@H](C)C(=O)N2CCC(C(=O)Nc3cc(C)on3)CC2)c1. The van der Waals surface area contributed by atoms with Crippen LogP contribution in [0.1, 0.15) is 31.1 Å². The average molecular weight is 401 g/mol. The van der Waals surface area contributed by atoms with Gasteiger partial charge in [-0.25, -0.2) is 0 Å². The molecule has 3 rings (SSSR count). The standard InChI is InChI=1S/C21H27N3O5/c1-14-11-19(23-29-14)22-20(25)17-7-9-24(10-8-17)21(26)15(2)28-13-16-5-4-6-18(12-16)27-3/h4-6,11-12,15,17H,7-10,13H2,1-3H3,(H,22,23,25)/t15-/m1/s1. The molecule has 2 amide bonds. The fraction of sp³-hybridized carbons (Fsp3) is 0.476. The molecule has 0 radical (unpaired) electrons. The van der Waals surface area contributed by atoms with Crippen LogP contribution in [0.4, 0.5) is 5.82 Å². The highest BCUT2D eigenvalue weighted by molar-refractivity contribution is 5.92. The lowest BCUT2D eigenvalue weighted by molar-refractivity contribution is -0.145. The van der Waals surface area contributed by atoms with E-state index in [2.05, 4.69) is 10.5 Å². The minimum Gasteiger partial charge on any atom is -0.497 e. The van der Waals surface area contributed by atoms with Crippen molar-refractivity contribution in [3.05, 3.63) is 41.7 Å². The molecule has 1 aromatic heterocycles. The van der Waals surface area contributed by atoms with Gasteiger partial charge < -0.3 is 24.2 Å². The zero-order chi connectivity index (χ0) is 20.8. The van der Waals surface area contributed by atoms with E-state index in [9.17, 15) is 9.59 Å². The summed E-state index contributed by atoms with van der Waals surface area (Å²) in [6, 6.07) is 9.25. The van der Waals surface area contributed by atoms with Crippen molar-refractivity contribution in [2.75, 3.05) is 25.5 Å². The van der Waals surface area contributed by atoms with Crippen LogP contribution >= 0.6 is 0 Å². The monoisotopic (exact) mass is 401 g/mol. The lowest BCUT2D eigenvalue weighted by Crippen LogP contribution is -2.45. The second-order valence-electron chi connectivity index (χ2n) is 7.22. The van der Waals surface area contributed by atoms with Crippen LogP contribution in [0.25, 0.3) is 0 Å². The number of piperidine rings is 1. The summed E-state index contributed by atoms with van der Waals surface area (Å²) in [5, 5.41) is 6.54. The lowest BCUT2D eigenvalue weighted by atomic mass is 9.95. The van der Waals surface area contributed by atoms with Crippen LogP contribution in [-0.2, 0) is 20.9 Å². The van der Waals surface area contributed by atoms with Crippen molar-refractivity contribution in [1.29, 1.82) is 0 Å². The fourth-order valence-electron chi connectivity index (χ4n) is 3.33. The number of hydrogen-bond donors (Lipinski definition) is 1. The van der Waals surface area contributed by atoms with E-state index in [0.29, 0.717) is 44.1 Å². The third-order valence-corrected chi connectivity index (χ3v) is 5.04. The Bertz CT molecular complexity index is 842. The molecule has 2 aromatic rings. The zero-order valence-corrected chi connectivity index (χ0v) is 17.0. The number of nitrogens with one attached hydrogen (secondary N) is 1. The molecule has 0 bridgehead atoms. The number of methoxy groups -OCH3 is 1. The van der Waals surface area contributed by atoms with Crippen LogP contribution in [0.15, 0.2) is 34.9 Å². The van der Waals surface area contributed by atoms with Crippen LogP contribution in [0, 0.1) is 12.8 Å². The van der Waals surface area contributed by atoms with Gasteiger partial charge in [-0.1, -0.05) is 17.3 Å². The van der Waals surface area contributed by atoms with Gasteiger partial charge in [-0.2, -0.15) is 0 Å². The molecule has 1 saturated heterocycles. The van der Waals surface area contributed by atoms with E-state index in [1.165, 1.54) is 0 Å². The molecular weight excluding hydrogens is 374 g/mol. The van der Waals surface area contributed by atoms with Crippen LogP contribution in [0.3, 0.4) is 0 Å². The Hall–Kier alpha value is -2.87. The van der Waals surface area contributed by atoms with Gasteiger partial charge in [-0.3, -0.25) is 9.59 Å². The van der Waals surface area contributed by atoms with Crippen molar-refractivity contribution in [2.45, 2.75) is 39.4 Å². The lowest BCUT2D eigenvalue weighted by Gasteiger charge is -2.32. The largest absolute Gasteiger partial charge is 0.497 e. The molecule has 156 valence electrons. The van der Waals surface area contributed by atoms with E-state index in [4.69, 9.17) is 14.0 Å². The number of ether oxygens (including phenoxy) is 2. The van der Waals surface area contributed by atoms with E-state index in [0.717, 1.165) is 11.3 Å². The first-order chi connectivity index (χ1) is 14.0. The molecule has 8 heteroatoms. The number of rotatable bonds is 7. The highest BCUT2D eigenvalue weighted by Crippen LogP contribution is 2.21. The van der Waals surface area contributed by atoms with Crippen LogP contribution in [0.2, 0.25) is 0 Å². The number of benzene rings is 1. The Morgan fingerprint density at radius 2 is 2.07 bits per heavy atom. The number of aromatic nitrogens is 1. The van der Waals surface area contributed by atoms with Crippen molar-refractivity contribution in [3.8, 4) is 5.75 Å². The summed E-state index contributed by atoms with van der Waals surface area (Å²) in [5.74, 6) is 1.52. The number of carbonyl (C=O) groups excluding carboxylic acids is 2. The Morgan fingerprint density at radius 3 is 2.72 bits per heavy atom. The first-order valence-electron chi connectivity index (χ1n) is 9.73. The molecule has 29 heavy (non-hydrogen) atoms. The minimum atomic E-state index is -0.551. The summed E-state index contributed by atoms with van der Waals surface area (Å²) in [6.07, 6.45) is 0.665. The first-order valence-corrected chi connectivity index (χ1v) is 9.73. The molecule has 1 aliphatic heterocycles. The van der Waals surface area contributed by atoms with Crippen LogP contribution < -0.4 is 10.1 Å². The zero-order valence-electron chi connectivity index (χ0n) is 17.0. The van der Waals surface area contributed by atoms with Crippen molar-refractivity contribution >= 4 is 17.6 Å². The Kier molecular flexibility index (Phi) is 6.87. The van der Waals surface area contributed by atoms with Gasteiger partial charge in [-0.15, -0.1) is 0 Å². The molecule has 1 N–H and O–H groups in total. The second-order valence-corrected chi connectivity index (χ2v) is 7.22. The third kappa shape index (κ3) is 5.57. The predicted molar refractivity (Wildman–Crippen MR) is 106 cm³/mol. The molecule has 1 aliphatic rings. The van der Waals surface area contributed by atoms with Gasteiger partial charge in [0.15, 0.2) is 5.82 Å². The normalized spacial score (nSPS) is 15.8.